The van der Waals surface area contributed by atoms with Crippen molar-refractivity contribution < 1.29 is 24.2 Å². The van der Waals surface area contributed by atoms with Crippen LogP contribution in [0.2, 0.25) is 0 Å². The molecule has 0 spiro atoms. The number of hydrogen-bond donors (Lipinski definition) is 1. The molecule has 46 heavy (non-hydrogen) atoms. The zero-order valence-corrected chi connectivity index (χ0v) is 25.8. The van der Waals surface area contributed by atoms with Gasteiger partial charge in [-0.3, -0.25) is 14.5 Å². The van der Waals surface area contributed by atoms with E-state index in [9.17, 15) is 14.7 Å². The van der Waals surface area contributed by atoms with Crippen molar-refractivity contribution in [1.82, 2.24) is 9.88 Å². The first-order valence-electron chi connectivity index (χ1n) is 15.3. The normalized spacial score (nSPS) is 19.3. The summed E-state index contributed by atoms with van der Waals surface area (Å²) < 4.78 is 13.0. The van der Waals surface area contributed by atoms with Gasteiger partial charge in [0.05, 0.1) is 41.5 Å². The summed E-state index contributed by atoms with van der Waals surface area (Å²) in [6, 6.07) is 36.6. The van der Waals surface area contributed by atoms with Gasteiger partial charge in [-0.05, 0) is 52.1 Å². The molecule has 5 aromatic rings. The van der Waals surface area contributed by atoms with Crippen molar-refractivity contribution in [3.8, 4) is 11.1 Å². The van der Waals surface area contributed by atoms with E-state index < -0.39 is 6.29 Å². The molecule has 230 valence electrons. The van der Waals surface area contributed by atoms with Gasteiger partial charge in [-0.2, -0.15) is 0 Å². The number of rotatable bonds is 9. The smallest absolute Gasteiger partial charge is 0.261 e. The molecular weight excluding hydrogens is 596 g/mol. The van der Waals surface area contributed by atoms with E-state index in [0.717, 1.165) is 44.2 Å². The molecule has 1 aromatic heterocycles. The van der Waals surface area contributed by atoms with E-state index in [1.807, 2.05) is 91.0 Å². The fourth-order valence-electron chi connectivity index (χ4n) is 5.95. The molecule has 1 saturated heterocycles. The number of fused-ring (bicyclic) bond motifs is 1. The van der Waals surface area contributed by atoms with Crippen LogP contribution in [0.1, 0.15) is 61.8 Å². The Morgan fingerprint density at radius 2 is 1.39 bits per heavy atom. The summed E-state index contributed by atoms with van der Waals surface area (Å²) in [4.78, 5) is 31.9. The van der Waals surface area contributed by atoms with Crippen molar-refractivity contribution in [2.45, 2.75) is 43.1 Å². The number of aliphatic hydroxyl groups is 1. The van der Waals surface area contributed by atoms with Crippen LogP contribution in [0.5, 0.6) is 0 Å². The van der Waals surface area contributed by atoms with Crippen LogP contribution in [-0.2, 0) is 22.6 Å². The molecule has 4 aromatic carbocycles. The van der Waals surface area contributed by atoms with Crippen LogP contribution in [0.4, 0.5) is 0 Å². The van der Waals surface area contributed by atoms with Gasteiger partial charge in [0.1, 0.15) is 0 Å². The number of carbonyl (C=O) groups is 2. The standard InChI is InChI=1S/C38H32N2O5S/c41-23-25-12-14-27(15-13-25)34-21-30(24-46-35-11-5-6-20-39-35)44-38(45-34)28-18-16-26(17-19-28)31-8-2-1-7-29(31)22-40-36(42)32-9-3-4-10-33(32)37(40)43/h1-20,30,34,38,41H,21-24H2/t30-,34+,38+/m0/s1. The van der Waals surface area contributed by atoms with Crippen LogP contribution in [0, 0.1) is 0 Å². The third kappa shape index (κ3) is 6.25. The highest BCUT2D eigenvalue weighted by Gasteiger charge is 2.36. The molecule has 0 aliphatic carbocycles. The Labute approximate surface area is 271 Å². The molecule has 1 fully saturated rings. The molecule has 7 rings (SSSR count). The first-order valence-corrected chi connectivity index (χ1v) is 16.2. The second kappa shape index (κ2) is 13.4. The highest BCUT2D eigenvalue weighted by atomic mass is 32.2. The van der Waals surface area contributed by atoms with Gasteiger partial charge >= 0.3 is 0 Å². The second-order valence-corrected chi connectivity index (χ2v) is 12.4. The maximum absolute atomic E-state index is 13.1. The summed E-state index contributed by atoms with van der Waals surface area (Å²) in [7, 11) is 0. The first kappa shape index (κ1) is 30.1. The van der Waals surface area contributed by atoms with E-state index in [4.69, 9.17) is 9.47 Å². The highest BCUT2D eigenvalue weighted by molar-refractivity contribution is 7.99. The molecule has 1 N–H and O–H groups in total. The quantitative estimate of drug-likeness (QED) is 0.135. The number of pyridine rings is 1. The predicted molar refractivity (Wildman–Crippen MR) is 176 cm³/mol. The Balaban J connectivity index is 1.11. The molecule has 8 heteroatoms. The van der Waals surface area contributed by atoms with Gasteiger partial charge in [0, 0.05) is 23.9 Å². The number of ether oxygens (including phenoxy) is 2. The lowest BCUT2D eigenvalue weighted by Crippen LogP contribution is -2.31. The van der Waals surface area contributed by atoms with E-state index in [1.54, 1.807) is 42.2 Å². The fourth-order valence-corrected chi connectivity index (χ4v) is 6.83. The minimum absolute atomic E-state index is 0.00530. The molecule has 3 atom stereocenters. The number of aromatic nitrogens is 1. The SMILES string of the molecule is O=C1c2ccccc2C(=O)N1Cc1ccccc1-c1ccc([C@@H]2O[C@H](CSc3ccccn3)C[C@H](c3ccc(CO)cc3)O2)cc1. The van der Waals surface area contributed by atoms with Crippen molar-refractivity contribution >= 4 is 23.6 Å². The zero-order valence-electron chi connectivity index (χ0n) is 25.0. The number of amides is 2. The molecule has 7 nitrogen and oxygen atoms in total. The van der Waals surface area contributed by atoms with Gasteiger partial charge in [-0.1, -0.05) is 91.0 Å². The van der Waals surface area contributed by atoms with Crippen LogP contribution in [0.15, 0.2) is 126 Å². The molecule has 0 saturated carbocycles. The minimum Gasteiger partial charge on any atom is -0.392 e. The van der Waals surface area contributed by atoms with Crippen molar-refractivity contribution in [2.75, 3.05) is 5.75 Å². The Kier molecular flexibility index (Phi) is 8.76. The average Bonchev–Trinajstić information content (AvgIpc) is 3.36. The first-order chi connectivity index (χ1) is 22.6. The molecule has 2 aliphatic rings. The summed E-state index contributed by atoms with van der Waals surface area (Å²) in [5.74, 6) is 0.188. The molecule has 2 aliphatic heterocycles. The number of nitrogens with zero attached hydrogens (tertiary/aromatic N) is 2. The van der Waals surface area contributed by atoms with E-state index in [0.29, 0.717) is 17.5 Å². The van der Waals surface area contributed by atoms with Gasteiger partial charge in [0.2, 0.25) is 0 Å². The Morgan fingerprint density at radius 1 is 0.739 bits per heavy atom. The average molecular weight is 629 g/mol. The number of hydrogen-bond acceptors (Lipinski definition) is 7. The maximum Gasteiger partial charge on any atom is 0.261 e. The monoisotopic (exact) mass is 628 g/mol. The number of aliphatic hydroxyl groups excluding tert-OH is 1. The van der Waals surface area contributed by atoms with E-state index in [-0.39, 0.29) is 37.2 Å². The molecular formula is C38H32N2O5S. The zero-order chi connectivity index (χ0) is 31.5. The van der Waals surface area contributed by atoms with Gasteiger partial charge in [-0.25, -0.2) is 4.98 Å². The Hall–Kier alpha value is -4.60. The molecule has 0 radical (unpaired) electrons. The van der Waals surface area contributed by atoms with Crippen LogP contribution in [0.3, 0.4) is 0 Å². The van der Waals surface area contributed by atoms with Gasteiger partial charge in [-0.15, -0.1) is 11.8 Å². The summed E-state index contributed by atoms with van der Waals surface area (Å²) in [6.45, 7) is 0.181. The molecule has 2 amide bonds. The summed E-state index contributed by atoms with van der Waals surface area (Å²) in [5.41, 5.74) is 6.47. The van der Waals surface area contributed by atoms with E-state index >= 15 is 0 Å². The molecule has 0 bridgehead atoms. The Morgan fingerprint density at radius 3 is 2.07 bits per heavy atom. The van der Waals surface area contributed by atoms with Crippen LogP contribution in [0.25, 0.3) is 11.1 Å². The van der Waals surface area contributed by atoms with Crippen LogP contribution in [-0.4, -0.2) is 38.7 Å². The lowest BCUT2D eigenvalue weighted by molar-refractivity contribution is -0.245. The largest absolute Gasteiger partial charge is 0.392 e. The molecule has 3 heterocycles. The predicted octanol–water partition coefficient (Wildman–Crippen LogP) is 7.37. The van der Waals surface area contributed by atoms with E-state index in [2.05, 4.69) is 4.98 Å². The van der Waals surface area contributed by atoms with Gasteiger partial charge in [0.25, 0.3) is 11.8 Å². The van der Waals surface area contributed by atoms with Crippen LogP contribution >= 0.6 is 11.8 Å². The minimum atomic E-state index is -0.576. The summed E-state index contributed by atoms with van der Waals surface area (Å²) in [6.07, 6.45) is 1.65. The number of thioether (sulfide) groups is 1. The topological polar surface area (TPSA) is 89.0 Å². The van der Waals surface area contributed by atoms with Crippen molar-refractivity contribution in [3.05, 3.63) is 155 Å². The fraction of sp³-hybridized carbons (Fsp3) is 0.184. The number of carbonyl (C=O) groups excluding carboxylic acids is 2. The maximum atomic E-state index is 13.1. The molecule has 0 unspecified atom stereocenters. The number of benzene rings is 4. The summed E-state index contributed by atoms with van der Waals surface area (Å²) >= 11 is 1.66. The third-order valence-electron chi connectivity index (χ3n) is 8.39. The van der Waals surface area contributed by atoms with Crippen molar-refractivity contribution in [2.24, 2.45) is 0 Å². The summed E-state index contributed by atoms with van der Waals surface area (Å²) in [5, 5.41) is 10.5. The van der Waals surface area contributed by atoms with E-state index in [1.165, 1.54) is 4.90 Å². The highest BCUT2D eigenvalue weighted by Crippen LogP contribution is 2.40. The number of imide groups is 1. The Bertz CT molecular complexity index is 1810. The van der Waals surface area contributed by atoms with Gasteiger partial charge in [0.15, 0.2) is 6.29 Å². The second-order valence-electron chi connectivity index (χ2n) is 11.4. The van der Waals surface area contributed by atoms with Crippen molar-refractivity contribution in [1.29, 1.82) is 0 Å². The lowest BCUT2D eigenvalue weighted by Gasteiger charge is -2.36. The lowest BCUT2D eigenvalue weighted by atomic mass is 9.97. The van der Waals surface area contributed by atoms with Gasteiger partial charge < -0.3 is 14.6 Å². The van der Waals surface area contributed by atoms with Crippen LogP contribution < -0.4 is 0 Å². The van der Waals surface area contributed by atoms with Crippen molar-refractivity contribution in [3.63, 3.8) is 0 Å². The third-order valence-corrected chi connectivity index (χ3v) is 9.46.